The number of carbonyl (C=O) groups is 1. The fourth-order valence-corrected chi connectivity index (χ4v) is 10.0. The second-order valence-electron chi connectivity index (χ2n) is 14.3. The quantitative estimate of drug-likeness (QED) is 0.195. The minimum absolute atomic E-state index is 0.00351. The number of anilines is 1. The Bertz CT molecular complexity index is 1820. The number of nitrogens with zero attached hydrogens (tertiary/aromatic N) is 2. The van der Waals surface area contributed by atoms with Gasteiger partial charge in [0.2, 0.25) is 10.0 Å². The van der Waals surface area contributed by atoms with Crippen LogP contribution in [0.15, 0.2) is 35.2 Å². The molecule has 0 radical (unpaired) electrons. The van der Waals surface area contributed by atoms with E-state index in [9.17, 15) is 31.5 Å². The van der Waals surface area contributed by atoms with Crippen molar-refractivity contribution in [3.05, 3.63) is 53.3 Å². The number of halogens is 3. The van der Waals surface area contributed by atoms with Crippen LogP contribution in [0.3, 0.4) is 0 Å². The molecule has 4 aliphatic rings. The van der Waals surface area contributed by atoms with Crippen LogP contribution in [0.25, 0.3) is 10.2 Å². The lowest BCUT2D eigenvalue weighted by Gasteiger charge is -2.32. The molecule has 2 bridgehead atoms. The Morgan fingerprint density at radius 3 is 2.60 bits per heavy atom. The first kappa shape index (κ1) is 35.4. The first-order chi connectivity index (χ1) is 23.8. The van der Waals surface area contributed by atoms with Crippen molar-refractivity contribution < 1.29 is 45.7 Å². The minimum atomic E-state index is -4.18. The molecule has 2 saturated carbocycles. The average molecular weight is 739 g/mol. The van der Waals surface area contributed by atoms with Crippen molar-refractivity contribution in [1.82, 2.24) is 14.6 Å². The van der Waals surface area contributed by atoms with E-state index in [2.05, 4.69) is 15.6 Å². The maximum Gasteiger partial charge on any atom is 0.407 e. The number of hydrogen-bond donors (Lipinski definition) is 3. The van der Waals surface area contributed by atoms with Crippen LogP contribution >= 0.6 is 11.3 Å². The summed E-state index contributed by atoms with van der Waals surface area (Å²) < 4.78 is 89.4. The highest BCUT2D eigenvalue weighted by atomic mass is 32.2. The Balaban J connectivity index is 1.09. The number of alkyl carbamates (subject to hydrolysis) is 1. The lowest BCUT2D eigenvalue weighted by molar-refractivity contribution is -0.126. The summed E-state index contributed by atoms with van der Waals surface area (Å²) in [6.45, 7) is 3.80. The number of ether oxygens (including phenoxy) is 3. The summed E-state index contributed by atoms with van der Waals surface area (Å²) in [7, 11) is -4.18. The molecule has 11 nitrogen and oxygen atoms in total. The van der Waals surface area contributed by atoms with E-state index in [1.54, 1.807) is 12.1 Å². The van der Waals surface area contributed by atoms with E-state index in [1.807, 2.05) is 13.8 Å². The molecule has 1 aromatic heterocycles. The SMILES string of the molecule is CC(C)CN(C[C@@H](O)[C@H](Cc1cc(F)c(F)c(F)c1)NC(=O)OCC1CC2CC3C(OCC13)O2)S(=O)(=O)c1ccc2nc(NC3CC3)sc2c1. The third kappa shape index (κ3) is 7.60. The molecule has 3 heterocycles. The van der Waals surface area contributed by atoms with Crippen LogP contribution in [0.4, 0.5) is 23.1 Å². The fraction of sp³-hybridized carbons (Fsp3) is 0.588. The molecular weight excluding hydrogens is 698 g/mol. The number of carbonyl (C=O) groups excluding carboxylic acids is 1. The second-order valence-corrected chi connectivity index (χ2v) is 17.3. The van der Waals surface area contributed by atoms with Crippen LogP contribution < -0.4 is 10.6 Å². The predicted molar refractivity (Wildman–Crippen MR) is 178 cm³/mol. The lowest BCUT2D eigenvalue weighted by atomic mass is 9.74. The van der Waals surface area contributed by atoms with Gasteiger partial charge in [0.05, 0.1) is 46.6 Å². The smallest absolute Gasteiger partial charge is 0.407 e. The number of benzene rings is 2. The molecule has 3 aromatic rings. The van der Waals surface area contributed by atoms with Gasteiger partial charge < -0.3 is 30.0 Å². The van der Waals surface area contributed by atoms with E-state index in [1.165, 1.54) is 17.4 Å². The number of thiazole rings is 1. The number of aliphatic hydroxyl groups is 1. The summed E-state index contributed by atoms with van der Waals surface area (Å²) in [6, 6.07) is 5.33. The van der Waals surface area contributed by atoms with Crippen LogP contribution in [0.5, 0.6) is 0 Å². The first-order valence-corrected chi connectivity index (χ1v) is 19.3. The molecule has 50 heavy (non-hydrogen) atoms. The van der Waals surface area contributed by atoms with Crippen LogP contribution in [0, 0.1) is 41.1 Å². The van der Waals surface area contributed by atoms with Gasteiger partial charge in [-0.25, -0.2) is 31.4 Å². The van der Waals surface area contributed by atoms with Crippen molar-refractivity contribution in [1.29, 1.82) is 0 Å². The van der Waals surface area contributed by atoms with Gasteiger partial charge in [0.15, 0.2) is 28.9 Å². The Labute approximate surface area is 292 Å². The summed E-state index contributed by atoms with van der Waals surface area (Å²) in [5.74, 6) is -4.23. The van der Waals surface area contributed by atoms with Crippen molar-refractivity contribution in [2.75, 3.05) is 31.6 Å². The Morgan fingerprint density at radius 2 is 1.88 bits per heavy atom. The molecule has 7 atom stereocenters. The number of sulfonamides is 1. The Kier molecular flexibility index (Phi) is 10.0. The number of fused-ring (bicyclic) bond motifs is 2. The van der Waals surface area contributed by atoms with Crippen LogP contribution in [-0.2, 0) is 30.7 Å². The normalized spacial score (nSPS) is 25.7. The van der Waals surface area contributed by atoms with Crippen molar-refractivity contribution in [3.8, 4) is 0 Å². The monoisotopic (exact) mass is 738 g/mol. The van der Waals surface area contributed by atoms with E-state index < -0.39 is 52.3 Å². The zero-order valence-corrected chi connectivity index (χ0v) is 29.3. The van der Waals surface area contributed by atoms with Crippen molar-refractivity contribution in [2.45, 2.75) is 81.4 Å². The minimum Gasteiger partial charge on any atom is -0.449 e. The second kappa shape index (κ2) is 14.2. The Hall–Kier alpha value is -3.02. The maximum atomic E-state index is 14.2. The summed E-state index contributed by atoms with van der Waals surface area (Å²) in [5, 5.41) is 18.2. The van der Waals surface area contributed by atoms with E-state index in [-0.39, 0.29) is 66.1 Å². The number of nitrogens with one attached hydrogen (secondary N) is 2. The fourth-order valence-electron chi connectivity index (χ4n) is 7.30. The van der Waals surface area contributed by atoms with E-state index >= 15 is 0 Å². The van der Waals surface area contributed by atoms with Crippen molar-refractivity contribution in [2.24, 2.45) is 23.7 Å². The van der Waals surface area contributed by atoms with Crippen molar-refractivity contribution in [3.63, 3.8) is 0 Å². The van der Waals surface area contributed by atoms with Gasteiger partial charge in [-0.3, -0.25) is 0 Å². The van der Waals surface area contributed by atoms with Gasteiger partial charge in [0.1, 0.15) is 0 Å². The first-order valence-electron chi connectivity index (χ1n) is 17.0. The molecule has 5 unspecified atom stereocenters. The predicted octanol–water partition coefficient (Wildman–Crippen LogP) is 5.03. The van der Waals surface area contributed by atoms with Gasteiger partial charge in [-0.05, 0) is 79.8 Å². The number of hydrogen-bond acceptors (Lipinski definition) is 10. The molecule has 3 N–H and O–H groups in total. The zero-order valence-electron chi connectivity index (χ0n) is 27.7. The molecule has 16 heteroatoms. The lowest BCUT2D eigenvalue weighted by Crippen LogP contribution is -2.51. The van der Waals surface area contributed by atoms with Crippen LogP contribution in [0.2, 0.25) is 0 Å². The highest BCUT2D eigenvalue weighted by Crippen LogP contribution is 2.49. The standard InChI is InChI=1S/C34H41F3N4O7S2/c1-17(2)13-41(50(44,45)22-5-6-27-30(12-22)49-33(39-27)38-20-3-4-20)14-29(42)28(9-18-7-25(35)31(37)26(36)8-18)40-34(43)47-15-19-10-21-11-23-24(19)16-46-32(23)48-21/h5-8,12,17,19-21,23-24,28-29,32,42H,3-4,9-11,13-16H2,1-2H3,(H,38,39)(H,40,43)/t19?,21?,23?,24?,28-,29+,32?/m0/s1. The van der Waals surface area contributed by atoms with Crippen molar-refractivity contribution >= 4 is 42.8 Å². The Morgan fingerprint density at radius 1 is 1.12 bits per heavy atom. The molecule has 2 aromatic carbocycles. The van der Waals surface area contributed by atoms with E-state index in [0.29, 0.717) is 34.4 Å². The highest BCUT2D eigenvalue weighted by Gasteiger charge is 2.53. The van der Waals surface area contributed by atoms with Gasteiger partial charge in [0.25, 0.3) is 0 Å². The molecule has 2 saturated heterocycles. The summed E-state index contributed by atoms with van der Waals surface area (Å²) in [6.07, 6.45) is 0.752. The van der Waals surface area contributed by atoms with E-state index in [0.717, 1.165) is 35.7 Å². The molecule has 4 fully saturated rings. The number of amides is 1. The molecule has 2 aliphatic carbocycles. The third-order valence-electron chi connectivity index (χ3n) is 9.94. The van der Waals surface area contributed by atoms with E-state index in [4.69, 9.17) is 14.2 Å². The van der Waals surface area contributed by atoms with Gasteiger partial charge in [0, 0.05) is 31.0 Å². The molecule has 1 amide bonds. The van der Waals surface area contributed by atoms with Gasteiger partial charge in [-0.1, -0.05) is 25.2 Å². The summed E-state index contributed by atoms with van der Waals surface area (Å²) in [5.41, 5.74) is 0.605. The topological polar surface area (TPSA) is 139 Å². The van der Waals surface area contributed by atoms with Crippen LogP contribution in [0.1, 0.15) is 45.1 Å². The average Bonchev–Trinajstić information content (AvgIpc) is 3.47. The number of rotatable bonds is 14. The van der Waals surface area contributed by atoms with Crippen LogP contribution in [-0.4, -0.2) is 85.8 Å². The third-order valence-corrected chi connectivity index (χ3v) is 12.7. The largest absolute Gasteiger partial charge is 0.449 e. The maximum absolute atomic E-state index is 14.2. The number of aromatic nitrogens is 1. The zero-order chi connectivity index (χ0) is 35.3. The van der Waals surface area contributed by atoms with Gasteiger partial charge >= 0.3 is 6.09 Å². The van der Waals surface area contributed by atoms with Gasteiger partial charge in [-0.2, -0.15) is 4.31 Å². The molecule has 2 aliphatic heterocycles. The molecular formula is C34H41F3N4O7S2. The molecule has 0 spiro atoms. The highest BCUT2D eigenvalue weighted by molar-refractivity contribution is 7.89. The van der Waals surface area contributed by atoms with Gasteiger partial charge in [-0.15, -0.1) is 0 Å². The molecule has 7 rings (SSSR count). The summed E-state index contributed by atoms with van der Waals surface area (Å²) >= 11 is 1.36. The number of aliphatic hydroxyl groups excluding tert-OH is 1. The summed E-state index contributed by atoms with van der Waals surface area (Å²) in [4.78, 5) is 17.7. The molecule has 272 valence electrons.